The van der Waals surface area contributed by atoms with Crippen LogP contribution in [0, 0.1) is 6.92 Å². The molecule has 0 saturated carbocycles. The van der Waals surface area contributed by atoms with Crippen LogP contribution in [0.3, 0.4) is 0 Å². The lowest BCUT2D eigenvalue weighted by molar-refractivity contribution is -0.137. The van der Waals surface area contributed by atoms with Crippen molar-refractivity contribution < 1.29 is 13.2 Å². The van der Waals surface area contributed by atoms with Crippen molar-refractivity contribution in [2.75, 3.05) is 5.32 Å². The summed E-state index contributed by atoms with van der Waals surface area (Å²) < 4.78 is 37.8. The number of anilines is 1. The lowest BCUT2D eigenvalue weighted by Crippen LogP contribution is -2.07. The normalized spacial score (nSPS) is 11.4. The molecule has 106 valence electrons. The second-order valence-electron chi connectivity index (χ2n) is 4.46. The van der Waals surface area contributed by atoms with Gasteiger partial charge in [-0.2, -0.15) is 13.2 Å². The fourth-order valence-corrected chi connectivity index (χ4v) is 2.03. The maximum Gasteiger partial charge on any atom is 0.416 e. The second-order valence-corrected chi connectivity index (χ2v) is 4.87. The van der Waals surface area contributed by atoms with Gasteiger partial charge in [0.15, 0.2) is 0 Å². The Morgan fingerprint density at radius 3 is 2.50 bits per heavy atom. The summed E-state index contributed by atoms with van der Waals surface area (Å²) >= 11 is 5.99. The Hall–Kier alpha value is -1.68. The van der Waals surface area contributed by atoms with E-state index in [2.05, 4.69) is 5.32 Å². The number of nitrogens with one attached hydrogen (secondary N) is 1. The Kier molecular flexibility index (Phi) is 4.23. The predicted molar refractivity (Wildman–Crippen MR) is 75.0 cm³/mol. The summed E-state index contributed by atoms with van der Waals surface area (Å²) in [5, 5.41) is 3.72. The van der Waals surface area contributed by atoms with Gasteiger partial charge in [-0.25, -0.2) is 0 Å². The molecule has 0 fully saturated rings. The molecule has 0 saturated heterocycles. The molecule has 0 aliphatic carbocycles. The molecule has 0 aliphatic rings. The molecule has 0 heterocycles. The molecular formula is C15H13ClF3N. The van der Waals surface area contributed by atoms with Gasteiger partial charge in [-0.3, -0.25) is 0 Å². The third kappa shape index (κ3) is 3.45. The van der Waals surface area contributed by atoms with Gasteiger partial charge < -0.3 is 5.32 Å². The summed E-state index contributed by atoms with van der Waals surface area (Å²) in [6, 6.07) is 10.7. The van der Waals surface area contributed by atoms with Crippen molar-refractivity contribution in [3.8, 4) is 0 Å². The van der Waals surface area contributed by atoms with Crippen molar-refractivity contribution in [3.63, 3.8) is 0 Å². The lowest BCUT2D eigenvalue weighted by Gasteiger charge is -2.12. The fourth-order valence-electron chi connectivity index (χ4n) is 1.85. The van der Waals surface area contributed by atoms with E-state index in [0.29, 0.717) is 17.1 Å². The molecule has 5 heteroatoms. The highest BCUT2D eigenvalue weighted by atomic mass is 35.5. The van der Waals surface area contributed by atoms with Crippen LogP contribution in [0.25, 0.3) is 0 Å². The predicted octanol–water partition coefficient (Wildman–Crippen LogP) is 5.28. The Morgan fingerprint density at radius 2 is 1.80 bits per heavy atom. The van der Waals surface area contributed by atoms with Crippen LogP contribution in [0.1, 0.15) is 16.7 Å². The highest BCUT2D eigenvalue weighted by Gasteiger charge is 2.30. The van der Waals surface area contributed by atoms with Gasteiger partial charge in [-0.15, -0.1) is 0 Å². The first-order chi connectivity index (χ1) is 9.38. The van der Waals surface area contributed by atoms with Gasteiger partial charge in [0, 0.05) is 17.3 Å². The summed E-state index contributed by atoms with van der Waals surface area (Å²) in [7, 11) is 0. The van der Waals surface area contributed by atoms with Gasteiger partial charge >= 0.3 is 6.18 Å². The van der Waals surface area contributed by atoms with Crippen LogP contribution in [-0.2, 0) is 12.7 Å². The van der Waals surface area contributed by atoms with E-state index in [-0.39, 0.29) is 0 Å². The number of alkyl halides is 3. The largest absolute Gasteiger partial charge is 0.416 e. The molecule has 0 aliphatic heterocycles. The second kappa shape index (κ2) is 5.75. The Balaban J connectivity index is 2.13. The third-order valence-electron chi connectivity index (χ3n) is 3.00. The van der Waals surface area contributed by atoms with Crippen molar-refractivity contribution in [1.82, 2.24) is 0 Å². The maximum absolute atomic E-state index is 12.6. The van der Waals surface area contributed by atoms with E-state index in [9.17, 15) is 13.2 Å². The molecule has 0 amide bonds. The van der Waals surface area contributed by atoms with E-state index < -0.39 is 11.7 Å². The fraction of sp³-hybridized carbons (Fsp3) is 0.200. The Bertz CT molecular complexity index is 608. The van der Waals surface area contributed by atoms with E-state index in [4.69, 9.17) is 11.6 Å². The van der Waals surface area contributed by atoms with Crippen LogP contribution >= 0.6 is 11.6 Å². The summed E-state index contributed by atoms with van der Waals surface area (Å²) in [6.07, 6.45) is -4.32. The van der Waals surface area contributed by atoms with Crippen LogP contribution in [0.15, 0.2) is 42.5 Å². The first-order valence-electron chi connectivity index (χ1n) is 6.03. The van der Waals surface area contributed by atoms with Gasteiger partial charge in [-0.1, -0.05) is 29.8 Å². The zero-order valence-corrected chi connectivity index (χ0v) is 11.5. The van der Waals surface area contributed by atoms with Gasteiger partial charge in [0.05, 0.1) is 5.56 Å². The Labute approximate surface area is 120 Å². The average Bonchev–Trinajstić information content (AvgIpc) is 2.40. The highest BCUT2D eigenvalue weighted by molar-refractivity contribution is 6.31. The number of hydrogen-bond donors (Lipinski definition) is 1. The number of hydrogen-bond acceptors (Lipinski definition) is 1. The van der Waals surface area contributed by atoms with E-state index in [1.54, 1.807) is 18.2 Å². The summed E-state index contributed by atoms with van der Waals surface area (Å²) in [5.74, 6) is 0. The van der Waals surface area contributed by atoms with Gasteiger partial charge in [-0.05, 0) is 42.3 Å². The van der Waals surface area contributed by atoms with Crippen LogP contribution < -0.4 is 5.32 Å². The molecule has 2 aromatic carbocycles. The van der Waals surface area contributed by atoms with Crippen molar-refractivity contribution >= 4 is 17.3 Å². The molecule has 20 heavy (non-hydrogen) atoms. The van der Waals surface area contributed by atoms with E-state index in [0.717, 1.165) is 23.4 Å². The smallest absolute Gasteiger partial charge is 0.381 e. The Morgan fingerprint density at radius 1 is 1.10 bits per heavy atom. The molecule has 0 unspecified atom stereocenters. The SMILES string of the molecule is Cc1c(Cl)cccc1NCc1cccc(C(F)(F)F)c1. The van der Waals surface area contributed by atoms with Crippen molar-refractivity contribution in [2.24, 2.45) is 0 Å². The van der Waals surface area contributed by atoms with Crippen molar-refractivity contribution in [2.45, 2.75) is 19.6 Å². The molecular weight excluding hydrogens is 287 g/mol. The van der Waals surface area contributed by atoms with Crippen LogP contribution in [0.5, 0.6) is 0 Å². The molecule has 0 bridgehead atoms. The average molecular weight is 300 g/mol. The molecule has 0 radical (unpaired) electrons. The van der Waals surface area contributed by atoms with E-state index in [1.165, 1.54) is 6.07 Å². The minimum atomic E-state index is -4.32. The number of halogens is 4. The summed E-state index contributed by atoms with van der Waals surface area (Å²) in [5.41, 5.74) is 1.62. The van der Waals surface area contributed by atoms with Gasteiger partial charge in [0.25, 0.3) is 0 Å². The van der Waals surface area contributed by atoms with Crippen molar-refractivity contribution in [3.05, 3.63) is 64.2 Å². The minimum Gasteiger partial charge on any atom is -0.381 e. The molecule has 1 nitrogen and oxygen atoms in total. The van der Waals surface area contributed by atoms with Crippen LogP contribution in [0.2, 0.25) is 5.02 Å². The first-order valence-corrected chi connectivity index (χ1v) is 6.41. The topological polar surface area (TPSA) is 12.0 Å². The number of rotatable bonds is 3. The third-order valence-corrected chi connectivity index (χ3v) is 3.41. The first kappa shape index (κ1) is 14.7. The zero-order valence-electron chi connectivity index (χ0n) is 10.8. The minimum absolute atomic E-state index is 0.311. The number of benzene rings is 2. The highest BCUT2D eigenvalue weighted by Crippen LogP contribution is 2.30. The standard InChI is InChI=1S/C15H13ClF3N/c1-10-13(16)6-3-7-14(10)20-9-11-4-2-5-12(8-11)15(17,18)19/h2-8,20H,9H2,1H3. The van der Waals surface area contributed by atoms with Gasteiger partial charge in [0.1, 0.15) is 0 Å². The molecule has 1 N–H and O–H groups in total. The molecule has 0 spiro atoms. The van der Waals surface area contributed by atoms with E-state index >= 15 is 0 Å². The quantitative estimate of drug-likeness (QED) is 0.813. The monoisotopic (exact) mass is 299 g/mol. The van der Waals surface area contributed by atoms with Crippen LogP contribution in [-0.4, -0.2) is 0 Å². The molecule has 2 aromatic rings. The van der Waals surface area contributed by atoms with E-state index in [1.807, 2.05) is 13.0 Å². The molecule has 0 atom stereocenters. The molecule has 2 rings (SSSR count). The lowest BCUT2D eigenvalue weighted by atomic mass is 10.1. The zero-order chi connectivity index (χ0) is 14.8. The summed E-state index contributed by atoms with van der Waals surface area (Å²) in [4.78, 5) is 0. The maximum atomic E-state index is 12.6. The van der Waals surface area contributed by atoms with Crippen molar-refractivity contribution in [1.29, 1.82) is 0 Å². The van der Waals surface area contributed by atoms with Gasteiger partial charge in [0.2, 0.25) is 0 Å². The molecule has 0 aromatic heterocycles. The summed E-state index contributed by atoms with van der Waals surface area (Å²) in [6.45, 7) is 2.17. The van der Waals surface area contributed by atoms with Crippen LogP contribution in [0.4, 0.5) is 18.9 Å².